The van der Waals surface area contributed by atoms with Crippen molar-refractivity contribution >= 4 is 39.1 Å². The number of halogens is 1. The largest absolute Gasteiger partial charge is 0.507 e. The number of anilines is 1. The van der Waals surface area contributed by atoms with E-state index in [4.69, 9.17) is 0 Å². The molecule has 1 aliphatic heterocycles. The summed E-state index contributed by atoms with van der Waals surface area (Å²) in [6.07, 6.45) is 3.12. The van der Waals surface area contributed by atoms with Crippen LogP contribution < -0.4 is 4.90 Å². The molecular formula is C22H15BrN2O3. The molecule has 5 nitrogen and oxygen atoms in total. The number of carbonyl (C=O) groups is 2. The summed E-state index contributed by atoms with van der Waals surface area (Å²) in [4.78, 5) is 31.3. The topological polar surface area (TPSA) is 70.5 Å². The van der Waals surface area contributed by atoms with E-state index in [1.54, 1.807) is 42.6 Å². The average molecular weight is 435 g/mol. The molecule has 4 rings (SSSR count). The van der Waals surface area contributed by atoms with Crippen LogP contribution in [0.5, 0.6) is 0 Å². The molecule has 6 heteroatoms. The number of carbonyl (C=O) groups excluding carboxylic acids is 2. The van der Waals surface area contributed by atoms with Gasteiger partial charge < -0.3 is 5.11 Å². The number of hydrogen-bond donors (Lipinski definition) is 1. The molecule has 28 heavy (non-hydrogen) atoms. The van der Waals surface area contributed by atoms with E-state index in [0.29, 0.717) is 16.8 Å². The Morgan fingerprint density at radius 1 is 0.964 bits per heavy atom. The number of hydrogen-bond acceptors (Lipinski definition) is 4. The van der Waals surface area contributed by atoms with Gasteiger partial charge in [0.25, 0.3) is 11.7 Å². The van der Waals surface area contributed by atoms with Crippen molar-refractivity contribution in [2.24, 2.45) is 0 Å². The third-order valence-corrected chi connectivity index (χ3v) is 5.13. The molecule has 3 aromatic rings. The van der Waals surface area contributed by atoms with Crippen LogP contribution in [0.4, 0.5) is 5.69 Å². The summed E-state index contributed by atoms with van der Waals surface area (Å²) in [5, 5.41) is 10.9. The highest BCUT2D eigenvalue weighted by Gasteiger charge is 2.47. The number of benzene rings is 2. The summed E-state index contributed by atoms with van der Waals surface area (Å²) in [6.45, 7) is 0. The van der Waals surface area contributed by atoms with Crippen molar-refractivity contribution < 1.29 is 14.7 Å². The Bertz CT molecular complexity index is 1060. The Labute approximate surface area is 170 Å². The fourth-order valence-corrected chi connectivity index (χ4v) is 3.57. The van der Waals surface area contributed by atoms with Gasteiger partial charge in [-0.15, -0.1) is 0 Å². The first-order valence-corrected chi connectivity index (χ1v) is 9.39. The summed E-state index contributed by atoms with van der Waals surface area (Å²) in [5.41, 5.74) is 1.74. The minimum atomic E-state index is -0.752. The van der Waals surface area contributed by atoms with Crippen LogP contribution in [-0.4, -0.2) is 21.8 Å². The highest BCUT2D eigenvalue weighted by molar-refractivity contribution is 9.10. The van der Waals surface area contributed by atoms with Crippen LogP contribution in [0.1, 0.15) is 17.2 Å². The van der Waals surface area contributed by atoms with Crippen LogP contribution in [0.15, 0.2) is 89.2 Å². The van der Waals surface area contributed by atoms with Crippen LogP contribution in [-0.2, 0) is 9.59 Å². The lowest BCUT2D eigenvalue weighted by Gasteiger charge is -2.25. The summed E-state index contributed by atoms with van der Waals surface area (Å²) >= 11 is 3.40. The Balaban J connectivity index is 1.95. The van der Waals surface area contributed by atoms with E-state index in [1.165, 1.54) is 11.1 Å². The molecule has 0 spiro atoms. The van der Waals surface area contributed by atoms with Crippen LogP contribution in [0.2, 0.25) is 0 Å². The highest BCUT2D eigenvalue weighted by atomic mass is 79.9. The number of amides is 1. The first kappa shape index (κ1) is 18.1. The van der Waals surface area contributed by atoms with Gasteiger partial charge in [-0.3, -0.25) is 19.5 Å². The number of ketones is 1. The molecule has 1 unspecified atom stereocenters. The lowest BCUT2D eigenvalue weighted by atomic mass is 9.95. The zero-order valence-corrected chi connectivity index (χ0v) is 16.2. The van der Waals surface area contributed by atoms with Gasteiger partial charge in [0.2, 0.25) is 0 Å². The van der Waals surface area contributed by atoms with E-state index in [9.17, 15) is 14.7 Å². The van der Waals surface area contributed by atoms with Crippen molar-refractivity contribution in [1.29, 1.82) is 0 Å². The number of rotatable bonds is 3. The minimum Gasteiger partial charge on any atom is -0.507 e. The maximum absolute atomic E-state index is 12.9. The Kier molecular flexibility index (Phi) is 4.79. The molecular weight excluding hydrogens is 420 g/mol. The Morgan fingerprint density at radius 2 is 1.68 bits per heavy atom. The quantitative estimate of drug-likeness (QED) is 0.375. The first-order valence-electron chi connectivity index (χ1n) is 8.60. The van der Waals surface area contributed by atoms with Crippen molar-refractivity contribution in [3.05, 3.63) is 100 Å². The summed E-state index contributed by atoms with van der Waals surface area (Å²) in [6, 6.07) is 18.7. The minimum absolute atomic E-state index is 0.0578. The van der Waals surface area contributed by atoms with Gasteiger partial charge >= 0.3 is 0 Å². The molecule has 1 saturated heterocycles. The second-order valence-electron chi connectivity index (χ2n) is 6.30. The molecule has 1 amide bonds. The van der Waals surface area contributed by atoms with Gasteiger partial charge in [0.1, 0.15) is 5.76 Å². The second-order valence-corrected chi connectivity index (χ2v) is 7.21. The van der Waals surface area contributed by atoms with Gasteiger partial charge in [0.05, 0.1) is 23.5 Å². The zero-order valence-electron chi connectivity index (χ0n) is 14.6. The molecule has 1 fully saturated rings. The summed E-state index contributed by atoms with van der Waals surface area (Å²) in [5.74, 6) is -1.62. The zero-order chi connectivity index (χ0) is 19.7. The van der Waals surface area contributed by atoms with Crippen molar-refractivity contribution in [1.82, 2.24) is 4.98 Å². The molecule has 0 bridgehead atoms. The molecule has 0 aliphatic carbocycles. The molecule has 1 aromatic heterocycles. The number of aromatic nitrogens is 1. The van der Waals surface area contributed by atoms with E-state index in [1.807, 2.05) is 30.3 Å². The maximum atomic E-state index is 12.9. The normalized spacial score (nSPS) is 18.5. The number of Topliss-reactive ketones (excluding diaryl/α,β-unsaturated/α-hetero) is 1. The van der Waals surface area contributed by atoms with E-state index in [2.05, 4.69) is 20.9 Å². The van der Waals surface area contributed by atoms with Crippen molar-refractivity contribution in [2.45, 2.75) is 6.04 Å². The SMILES string of the molecule is O=C1C(=O)N(c2cccnc2)C(c2ccc(Br)cc2)/C1=C(\O)c1ccccc1. The lowest BCUT2D eigenvalue weighted by molar-refractivity contribution is -0.132. The molecule has 2 heterocycles. The monoisotopic (exact) mass is 434 g/mol. The molecule has 2 aromatic carbocycles. The van der Waals surface area contributed by atoms with Gasteiger partial charge in [-0.2, -0.15) is 0 Å². The number of pyridine rings is 1. The molecule has 1 N–H and O–H groups in total. The molecule has 138 valence electrons. The van der Waals surface area contributed by atoms with Crippen LogP contribution in [0, 0.1) is 0 Å². The predicted molar refractivity (Wildman–Crippen MR) is 110 cm³/mol. The molecule has 1 aliphatic rings. The fourth-order valence-electron chi connectivity index (χ4n) is 3.31. The summed E-state index contributed by atoms with van der Waals surface area (Å²) in [7, 11) is 0. The number of aliphatic hydroxyl groups excluding tert-OH is 1. The van der Waals surface area contributed by atoms with Gasteiger partial charge in [0.15, 0.2) is 0 Å². The third-order valence-electron chi connectivity index (χ3n) is 4.60. The van der Waals surface area contributed by atoms with Gasteiger partial charge in [-0.25, -0.2) is 0 Å². The van der Waals surface area contributed by atoms with Crippen LogP contribution >= 0.6 is 15.9 Å². The van der Waals surface area contributed by atoms with Crippen molar-refractivity contribution in [3.63, 3.8) is 0 Å². The molecule has 1 atom stereocenters. The highest BCUT2D eigenvalue weighted by Crippen LogP contribution is 2.42. The second kappa shape index (κ2) is 7.40. The third kappa shape index (κ3) is 3.12. The number of nitrogens with zero attached hydrogens (tertiary/aromatic N) is 2. The summed E-state index contributed by atoms with van der Waals surface area (Å²) < 4.78 is 0.873. The van der Waals surface area contributed by atoms with E-state index < -0.39 is 17.7 Å². The van der Waals surface area contributed by atoms with E-state index in [0.717, 1.165) is 4.47 Å². The fraction of sp³-hybridized carbons (Fsp3) is 0.0455. The van der Waals surface area contributed by atoms with Gasteiger partial charge in [-0.05, 0) is 29.8 Å². The van der Waals surface area contributed by atoms with Crippen LogP contribution in [0.25, 0.3) is 5.76 Å². The van der Waals surface area contributed by atoms with Gasteiger partial charge in [-0.1, -0.05) is 58.4 Å². The van der Waals surface area contributed by atoms with E-state index >= 15 is 0 Å². The lowest BCUT2D eigenvalue weighted by Crippen LogP contribution is -2.29. The molecule has 0 saturated carbocycles. The Morgan fingerprint density at radius 3 is 2.32 bits per heavy atom. The van der Waals surface area contributed by atoms with Crippen molar-refractivity contribution in [3.8, 4) is 0 Å². The van der Waals surface area contributed by atoms with E-state index in [-0.39, 0.29) is 11.3 Å². The standard InChI is InChI=1S/C22H15BrN2O3/c23-16-10-8-14(9-11-16)19-18(20(26)15-5-2-1-3-6-15)21(27)22(28)25(19)17-7-4-12-24-13-17/h1-13,19,26H/b20-18+. The smallest absolute Gasteiger partial charge is 0.300 e. The number of aliphatic hydroxyl groups is 1. The van der Waals surface area contributed by atoms with Gasteiger partial charge in [0, 0.05) is 16.2 Å². The maximum Gasteiger partial charge on any atom is 0.300 e. The van der Waals surface area contributed by atoms with Crippen molar-refractivity contribution in [2.75, 3.05) is 4.90 Å². The van der Waals surface area contributed by atoms with Crippen LogP contribution in [0.3, 0.4) is 0 Å². The Hall–Kier alpha value is -3.25. The first-order chi connectivity index (χ1) is 13.6. The molecule has 0 radical (unpaired) electrons. The predicted octanol–water partition coefficient (Wildman–Crippen LogP) is 4.47. The average Bonchev–Trinajstić information content (AvgIpc) is 3.00.